The molecule has 0 atom stereocenters. The van der Waals surface area contributed by atoms with E-state index in [-0.39, 0.29) is 11.6 Å². The van der Waals surface area contributed by atoms with E-state index in [0.29, 0.717) is 50.4 Å². The van der Waals surface area contributed by atoms with Gasteiger partial charge in [0.15, 0.2) is 17.2 Å². The number of cyclic esters (lactones) is 1. The molecule has 1 aliphatic heterocycles. The van der Waals surface area contributed by atoms with Crippen molar-refractivity contribution >= 4 is 57.1 Å². The average molecular weight is 497 g/mol. The molecule has 2 aromatic carbocycles. The largest absolute Gasteiger partial charge is 0.490 e. The van der Waals surface area contributed by atoms with Crippen LogP contribution in [-0.4, -0.2) is 25.1 Å². The summed E-state index contributed by atoms with van der Waals surface area (Å²) < 4.78 is 17.3. The number of ether oxygens (including phenoxy) is 3. The monoisotopic (exact) mass is 495 g/mol. The van der Waals surface area contributed by atoms with Gasteiger partial charge in [0.05, 0.1) is 21.1 Å². The first kappa shape index (κ1) is 21.4. The summed E-state index contributed by atoms with van der Waals surface area (Å²) in [5.41, 5.74) is 1.40. The molecule has 5 nitrogen and oxygen atoms in total. The SMILES string of the molecule is C=CCOc1c(Br)cc(/C=C2\N=C(c3ccc(Cl)c(Cl)c3)OC2=O)cc1OCC. The average Bonchev–Trinajstić information content (AvgIpc) is 3.04. The zero-order valence-electron chi connectivity index (χ0n) is 15.4. The zero-order chi connectivity index (χ0) is 21.0. The maximum Gasteiger partial charge on any atom is 0.363 e. The van der Waals surface area contributed by atoms with Crippen LogP contribution < -0.4 is 9.47 Å². The molecule has 0 radical (unpaired) electrons. The zero-order valence-corrected chi connectivity index (χ0v) is 18.5. The van der Waals surface area contributed by atoms with Crippen molar-refractivity contribution in [3.8, 4) is 11.5 Å². The highest BCUT2D eigenvalue weighted by Crippen LogP contribution is 2.38. The van der Waals surface area contributed by atoms with Crippen LogP contribution in [0.4, 0.5) is 0 Å². The number of carbonyl (C=O) groups excluding carboxylic acids is 1. The van der Waals surface area contributed by atoms with Crippen LogP contribution in [0.25, 0.3) is 6.08 Å². The standard InChI is InChI=1S/C21H16BrCl2NO4/c1-3-7-28-19-14(22)8-12(10-18(19)27-4-2)9-17-21(26)29-20(25-17)13-5-6-15(23)16(24)11-13/h3,5-6,8-11H,1,4,7H2,2H3/b17-9-. The summed E-state index contributed by atoms with van der Waals surface area (Å²) in [7, 11) is 0. The Morgan fingerprint density at radius 1 is 1.21 bits per heavy atom. The molecular formula is C21H16BrCl2NO4. The van der Waals surface area contributed by atoms with Crippen molar-refractivity contribution in [2.24, 2.45) is 4.99 Å². The van der Waals surface area contributed by atoms with Crippen LogP contribution in [0.5, 0.6) is 11.5 Å². The Hall–Kier alpha value is -2.28. The van der Waals surface area contributed by atoms with Crippen molar-refractivity contribution in [2.75, 3.05) is 13.2 Å². The summed E-state index contributed by atoms with van der Waals surface area (Å²) >= 11 is 15.4. The minimum Gasteiger partial charge on any atom is -0.490 e. The molecule has 2 aromatic rings. The highest BCUT2D eigenvalue weighted by Gasteiger charge is 2.25. The van der Waals surface area contributed by atoms with Crippen LogP contribution in [0.1, 0.15) is 18.1 Å². The molecule has 1 aliphatic rings. The number of halogens is 3. The molecule has 0 fully saturated rings. The maximum absolute atomic E-state index is 12.3. The highest BCUT2D eigenvalue weighted by molar-refractivity contribution is 9.10. The number of benzene rings is 2. The lowest BCUT2D eigenvalue weighted by molar-refractivity contribution is -0.129. The van der Waals surface area contributed by atoms with E-state index < -0.39 is 5.97 Å². The molecule has 0 N–H and O–H groups in total. The lowest BCUT2D eigenvalue weighted by atomic mass is 10.1. The van der Waals surface area contributed by atoms with Crippen molar-refractivity contribution in [2.45, 2.75) is 6.92 Å². The molecule has 150 valence electrons. The molecule has 0 saturated heterocycles. The molecule has 29 heavy (non-hydrogen) atoms. The number of hydrogen-bond donors (Lipinski definition) is 0. The fourth-order valence-electron chi connectivity index (χ4n) is 2.54. The van der Waals surface area contributed by atoms with Gasteiger partial charge in [-0.3, -0.25) is 0 Å². The Morgan fingerprint density at radius 3 is 2.69 bits per heavy atom. The maximum atomic E-state index is 12.3. The van der Waals surface area contributed by atoms with Crippen LogP contribution in [0.2, 0.25) is 10.0 Å². The second kappa shape index (κ2) is 9.48. The Labute approximate surface area is 186 Å². The molecule has 1 heterocycles. The second-order valence-electron chi connectivity index (χ2n) is 5.83. The van der Waals surface area contributed by atoms with E-state index in [4.69, 9.17) is 37.4 Å². The lowest BCUT2D eigenvalue weighted by Gasteiger charge is -2.13. The summed E-state index contributed by atoms with van der Waals surface area (Å²) in [6, 6.07) is 8.45. The summed E-state index contributed by atoms with van der Waals surface area (Å²) in [6.45, 7) is 6.31. The fraction of sp³-hybridized carbons (Fsp3) is 0.143. The molecule has 0 spiro atoms. The quantitative estimate of drug-likeness (QED) is 0.265. The highest BCUT2D eigenvalue weighted by atomic mass is 79.9. The summed E-state index contributed by atoms with van der Waals surface area (Å²) in [6.07, 6.45) is 3.25. The van der Waals surface area contributed by atoms with E-state index in [1.165, 1.54) is 0 Å². The molecule has 0 aliphatic carbocycles. The van der Waals surface area contributed by atoms with Crippen molar-refractivity contribution in [1.82, 2.24) is 0 Å². The first-order valence-corrected chi connectivity index (χ1v) is 10.2. The Balaban J connectivity index is 1.96. The Kier molecular flexibility index (Phi) is 7.00. The van der Waals surface area contributed by atoms with E-state index >= 15 is 0 Å². The van der Waals surface area contributed by atoms with Crippen molar-refractivity contribution in [1.29, 1.82) is 0 Å². The molecule has 0 saturated carbocycles. The third-order valence-corrected chi connectivity index (χ3v) is 5.10. The van der Waals surface area contributed by atoms with Crippen LogP contribution in [0.15, 0.2) is 58.1 Å². The molecule has 0 aromatic heterocycles. The first-order valence-electron chi connectivity index (χ1n) is 8.61. The van der Waals surface area contributed by atoms with Gasteiger partial charge in [0.2, 0.25) is 5.90 Å². The van der Waals surface area contributed by atoms with Gasteiger partial charge in [-0.25, -0.2) is 9.79 Å². The smallest absolute Gasteiger partial charge is 0.363 e. The van der Waals surface area contributed by atoms with Gasteiger partial charge in [0.25, 0.3) is 0 Å². The van der Waals surface area contributed by atoms with Gasteiger partial charge >= 0.3 is 5.97 Å². The molecule has 0 amide bonds. The van der Waals surface area contributed by atoms with Crippen LogP contribution in [0, 0.1) is 0 Å². The fourth-order valence-corrected chi connectivity index (χ4v) is 3.41. The minimum absolute atomic E-state index is 0.153. The van der Waals surface area contributed by atoms with Gasteiger partial charge in [-0.05, 0) is 64.8 Å². The van der Waals surface area contributed by atoms with Gasteiger partial charge < -0.3 is 14.2 Å². The third-order valence-electron chi connectivity index (χ3n) is 3.77. The van der Waals surface area contributed by atoms with E-state index in [0.717, 1.165) is 0 Å². The topological polar surface area (TPSA) is 57.1 Å². The molecule has 0 bridgehead atoms. The minimum atomic E-state index is -0.563. The number of hydrogen-bond acceptors (Lipinski definition) is 5. The van der Waals surface area contributed by atoms with Crippen LogP contribution >= 0.6 is 39.1 Å². The van der Waals surface area contributed by atoms with Gasteiger partial charge in [0, 0.05) is 5.56 Å². The normalized spacial score (nSPS) is 14.6. The summed E-state index contributed by atoms with van der Waals surface area (Å²) in [5, 5.41) is 0.754. The summed E-state index contributed by atoms with van der Waals surface area (Å²) in [4.78, 5) is 16.6. The number of carbonyl (C=O) groups is 1. The van der Waals surface area contributed by atoms with Gasteiger partial charge in [-0.1, -0.05) is 35.9 Å². The molecular weight excluding hydrogens is 481 g/mol. The van der Waals surface area contributed by atoms with Crippen LogP contribution in [-0.2, 0) is 9.53 Å². The van der Waals surface area contributed by atoms with Crippen LogP contribution in [0.3, 0.4) is 0 Å². The molecule has 8 heteroatoms. The predicted molar refractivity (Wildman–Crippen MR) is 118 cm³/mol. The Bertz CT molecular complexity index is 1030. The van der Waals surface area contributed by atoms with Crippen molar-refractivity contribution < 1.29 is 19.0 Å². The van der Waals surface area contributed by atoms with Gasteiger partial charge in [-0.2, -0.15) is 0 Å². The number of nitrogens with zero attached hydrogens (tertiary/aromatic N) is 1. The number of esters is 1. The number of rotatable bonds is 7. The van der Waals surface area contributed by atoms with E-state index in [1.54, 1.807) is 42.5 Å². The molecule has 3 rings (SSSR count). The third kappa shape index (κ3) is 5.01. The van der Waals surface area contributed by atoms with E-state index in [1.807, 2.05) is 6.92 Å². The van der Waals surface area contributed by atoms with E-state index in [9.17, 15) is 4.79 Å². The van der Waals surface area contributed by atoms with Crippen molar-refractivity contribution in [3.63, 3.8) is 0 Å². The van der Waals surface area contributed by atoms with Gasteiger partial charge in [0.1, 0.15) is 6.61 Å². The predicted octanol–water partition coefficient (Wildman–Crippen LogP) is 6.06. The number of aliphatic imine (C=N–C) groups is 1. The summed E-state index contributed by atoms with van der Waals surface area (Å²) in [5.74, 6) is 0.695. The second-order valence-corrected chi connectivity index (χ2v) is 7.50. The van der Waals surface area contributed by atoms with Crippen molar-refractivity contribution in [3.05, 3.63) is 74.3 Å². The first-order chi connectivity index (χ1) is 13.9. The lowest BCUT2D eigenvalue weighted by Crippen LogP contribution is -2.05. The van der Waals surface area contributed by atoms with Gasteiger partial charge in [-0.15, -0.1) is 0 Å². The van der Waals surface area contributed by atoms with E-state index in [2.05, 4.69) is 27.5 Å². The molecule has 0 unspecified atom stereocenters. The Morgan fingerprint density at radius 2 is 2.00 bits per heavy atom.